The fraction of sp³-hybridized carbons (Fsp3) is 0.600. The van der Waals surface area contributed by atoms with Crippen LogP contribution in [0.3, 0.4) is 0 Å². The van der Waals surface area contributed by atoms with E-state index in [9.17, 15) is 14.4 Å². The first kappa shape index (κ1) is 56.7. The molecule has 4 fully saturated rings. The minimum atomic E-state index is -2.82. The topological polar surface area (TPSA) is 154 Å². The van der Waals surface area contributed by atoms with Crippen molar-refractivity contribution in [1.29, 1.82) is 0 Å². The quantitative estimate of drug-likeness (QED) is 0.0628. The molecule has 2 saturated carbocycles. The van der Waals surface area contributed by atoms with Crippen LogP contribution in [0.4, 0.5) is 0 Å². The second kappa shape index (κ2) is 21.0. The summed E-state index contributed by atoms with van der Waals surface area (Å²) in [5.41, 5.74) is 0.0953. The molecule has 3 aromatic rings. The van der Waals surface area contributed by atoms with E-state index in [0.29, 0.717) is 23.1 Å². The van der Waals surface area contributed by atoms with Crippen molar-refractivity contribution >= 4 is 40.4 Å². The van der Waals surface area contributed by atoms with Crippen LogP contribution in [0.15, 0.2) is 102 Å². The Labute approximate surface area is 447 Å². The minimum Gasteiger partial charge on any atom is -0.458 e. The molecule has 3 aromatic carbocycles. The van der Waals surface area contributed by atoms with Crippen molar-refractivity contribution in [3.05, 3.63) is 119 Å². The van der Waals surface area contributed by atoms with Gasteiger partial charge in [0.15, 0.2) is 34.1 Å². The van der Waals surface area contributed by atoms with Crippen molar-refractivity contribution in [1.82, 2.24) is 5.32 Å². The van der Waals surface area contributed by atoms with Crippen molar-refractivity contribution in [3.63, 3.8) is 0 Å². The molecule has 0 spiro atoms. The zero-order chi connectivity index (χ0) is 54.7. The van der Waals surface area contributed by atoms with Crippen LogP contribution in [-0.4, -0.2) is 101 Å². The number of fused-ring (bicyclic) bond motifs is 4. The van der Waals surface area contributed by atoms with Crippen LogP contribution < -0.4 is 5.32 Å². The van der Waals surface area contributed by atoms with Gasteiger partial charge in [-0.3, -0.25) is 9.59 Å². The highest BCUT2D eigenvalue weighted by Crippen LogP contribution is 2.67. The average molecular weight is 1070 g/mol. The van der Waals surface area contributed by atoms with E-state index in [-0.39, 0.29) is 24.0 Å². The highest BCUT2D eigenvalue weighted by Gasteiger charge is 2.78. The van der Waals surface area contributed by atoms with Gasteiger partial charge in [0.25, 0.3) is 5.91 Å². The molecule has 1 amide bonds. The molecule has 5 aliphatic rings. The third-order valence-electron chi connectivity index (χ3n) is 18.5. The molecule has 75 heavy (non-hydrogen) atoms. The van der Waals surface area contributed by atoms with E-state index >= 15 is 4.79 Å². The summed E-state index contributed by atoms with van der Waals surface area (Å²) >= 11 is 0. The molecule has 3 aliphatic carbocycles. The van der Waals surface area contributed by atoms with Gasteiger partial charge in [0.05, 0.1) is 42.4 Å². The van der Waals surface area contributed by atoms with Gasteiger partial charge in [-0.1, -0.05) is 129 Å². The van der Waals surface area contributed by atoms with Gasteiger partial charge in [-0.2, -0.15) is 0 Å². The zero-order valence-corrected chi connectivity index (χ0v) is 49.1. The molecule has 2 aliphatic heterocycles. The molecule has 408 valence electrons. The van der Waals surface area contributed by atoms with Crippen LogP contribution in [-0.2, 0) is 46.9 Å². The maximum Gasteiger partial charge on any atom is 0.338 e. The number of nitrogens with one attached hydrogen (secondary N) is 1. The monoisotopic (exact) mass is 1070 g/mol. The minimum absolute atomic E-state index is 0.0676. The highest BCUT2D eigenvalue weighted by atomic mass is 28.4. The smallest absolute Gasteiger partial charge is 0.338 e. The summed E-state index contributed by atoms with van der Waals surface area (Å²) in [7, 11) is -5.38. The Kier molecular flexibility index (Phi) is 15.9. The Morgan fingerprint density at radius 3 is 1.88 bits per heavy atom. The van der Waals surface area contributed by atoms with E-state index in [1.54, 1.807) is 48.5 Å². The number of amides is 1. The van der Waals surface area contributed by atoms with Gasteiger partial charge in [-0.15, -0.1) is 0 Å². The maximum absolute atomic E-state index is 15.9. The van der Waals surface area contributed by atoms with Crippen LogP contribution in [0, 0.1) is 22.7 Å². The van der Waals surface area contributed by atoms with E-state index in [1.807, 2.05) is 63.2 Å². The first-order valence-electron chi connectivity index (χ1n) is 27.3. The Hall–Kier alpha value is -4.49. The summed E-state index contributed by atoms with van der Waals surface area (Å²) in [5, 5.41) is 2.87. The largest absolute Gasteiger partial charge is 0.458 e. The normalized spacial score (nSPS) is 30.7. The van der Waals surface area contributed by atoms with E-state index in [4.69, 9.17) is 37.3 Å². The summed E-state index contributed by atoms with van der Waals surface area (Å²) in [5.74, 6) is -4.50. The van der Waals surface area contributed by atoms with Gasteiger partial charge in [-0.25, -0.2) is 9.59 Å². The number of rotatable bonds is 16. The van der Waals surface area contributed by atoms with Gasteiger partial charge in [0.2, 0.25) is 0 Å². The lowest BCUT2D eigenvalue weighted by Crippen LogP contribution is -2.82. The molecule has 15 heteroatoms. The van der Waals surface area contributed by atoms with Crippen LogP contribution in [0.2, 0.25) is 36.3 Å². The van der Waals surface area contributed by atoms with E-state index < -0.39 is 117 Å². The first-order valence-corrected chi connectivity index (χ1v) is 32.7. The lowest BCUT2D eigenvalue weighted by molar-refractivity contribution is -0.424. The lowest BCUT2D eigenvalue weighted by Gasteiger charge is -2.71. The molecule has 8 rings (SSSR count). The second-order valence-electron chi connectivity index (χ2n) is 24.6. The predicted molar refractivity (Wildman–Crippen MR) is 292 cm³/mol. The predicted octanol–water partition coefficient (Wildman–Crippen LogP) is 11.7. The standard InChI is InChI=1S/C60H83NO12Si2/c1-16-75(17-2,18-3)73-49-46-37(4)43(67-55(65)50(72-74(14,15)56(6,7)8)47(39-28-22-19-23-29-39)61-53(63)40-30-24-20-25-31-40)34-42(57(46,9)10)48(68-54(64)41-32-26-21-27-33-41)51-59(13)44(70-58(11,12)71-52(49)59)35-45-60(51,36-66-45)69-38(5)62/h19-33,42-45,47-52H,16-18,34-36H2,1-15H3,(H,61,63)/t42-,43-,44-,45+,47-,48+,49+,50+,51-,52-,59+,60-/m0/s1. The van der Waals surface area contributed by atoms with Crippen LogP contribution >= 0.6 is 0 Å². The molecule has 0 radical (unpaired) electrons. The average Bonchev–Trinajstić information content (AvgIpc) is 3.35. The molecule has 13 nitrogen and oxygen atoms in total. The number of carbonyl (C=O) groups excluding carboxylic acids is 4. The molecule has 2 saturated heterocycles. The third kappa shape index (κ3) is 10.4. The number of carbonyl (C=O) groups is 4. The number of esters is 3. The fourth-order valence-corrected chi connectivity index (χ4v) is 17.2. The van der Waals surface area contributed by atoms with E-state index in [2.05, 4.69) is 80.7 Å². The van der Waals surface area contributed by atoms with Crippen molar-refractivity contribution in [2.24, 2.45) is 22.7 Å². The van der Waals surface area contributed by atoms with Crippen LogP contribution in [0.1, 0.15) is 135 Å². The van der Waals surface area contributed by atoms with Gasteiger partial charge in [0.1, 0.15) is 18.3 Å². The maximum atomic E-state index is 15.9. The first-order chi connectivity index (χ1) is 35.2. The molecule has 2 heterocycles. The summed E-state index contributed by atoms with van der Waals surface area (Å²) in [6.45, 7) is 31.0. The van der Waals surface area contributed by atoms with Crippen LogP contribution in [0.5, 0.6) is 0 Å². The summed E-state index contributed by atoms with van der Waals surface area (Å²) in [4.78, 5) is 58.8. The van der Waals surface area contributed by atoms with Crippen molar-refractivity contribution in [2.75, 3.05) is 6.61 Å². The van der Waals surface area contributed by atoms with Crippen molar-refractivity contribution in [3.8, 4) is 0 Å². The molecular weight excluding hydrogens is 983 g/mol. The van der Waals surface area contributed by atoms with Gasteiger partial charge in [-0.05, 0) is 110 Å². The highest BCUT2D eigenvalue weighted by molar-refractivity contribution is 6.74. The Morgan fingerprint density at radius 1 is 0.773 bits per heavy atom. The number of ether oxygens (including phenoxy) is 6. The number of hydrogen-bond donors (Lipinski definition) is 1. The SMILES string of the molecule is CC[Si](CC)(CC)O[C@@H]1C2=C(C)[C@@H](OC(=O)[C@H](O[Si](C)(C)C(C)(C)C)[C@@H](NC(=O)c3ccccc3)c3ccccc3)C[C@@H]([C@@H](OC(=O)c3ccccc3)[C@@H]3[C@]4(OC(C)=O)CO[C@@H]4C[C@@H]4OC(C)(C)O[C@@H]1[C@]43C)C2(C)C. The number of hydrogen-bond acceptors (Lipinski definition) is 12. The molecular formula is C60H83NO12Si2. The molecule has 0 aromatic heterocycles. The summed E-state index contributed by atoms with van der Waals surface area (Å²) in [6, 6.07) is 28.8. The molecule has 1 N–H and O–H groups in total. The Balaban J connectivity index is 1.36. The van der Waals surface area contributed by atoms with Gasteiger partial charge in [0, 0.05) is 30.2 Å². The summed E-state index contributed by atoms with van der Waals surface area (Å²) < 4.78 is 56.9. The van der Waals surface area contributed by atoms with Gasteiger partial charge >= 0.3 is 17.9 Å². The second-order valence-corrected chi connectivity index (χ2v) is 34.1. The lowest BCUT2D eigenvalue weighted by atomic mass is 9.45. The molecule has 0 unspecified atom stereocenters. The van der Waals surface area contributed by atoms with E-state index in [1.165, 1.54) is 6.92 Å². The molecule has 2 bridgehead atoms. The van der Waals surface area contributed by atoms with E-state index in [0.717, 1.165) is 29.3 Å². The summed E-state index contributed by atoms with van der Waals surface area (Å²) in [6.07, 6.45) is -5.12. The van der Waals surface area contributed by atoms with Gasteiger partial charge < -0.3 is 42.6 Å². The Bertz CT molecular complexity index is 2590. The van der Waals surface area contributed by atoms with Crippen molar-refractivity contribution < 1.29 is 56.5 Å². The molecule has 12 atom stereocenters. The Morgan fingerprint density at radius 2 is 1.35 bits per heavy atom. The zero-order valence-electron chi connectivity index (χ0n) is 47.1. The third-order valence-corrected chi connectivity index (χ3v) is 27.6. The van der Waals surface area contributed by atoms with Crippen LogP contribution in [0.25, 0.3) is 0 Å². The number of benzene rings is 3. The van der Waals surface area contributed by atoms with Crippen molar-refractivity contribution in [2.45, 2.75) is 199 Å². The fourth-order valence-electron chi connectivity index (χ4n) is 13.2.